The Morgan fingerprint density at radius 3 is 2.50 bits per heavy atom. The van der Waals surface area contributed by atoms with Gasteiger partial charge in [0.05, 0.1) is 0 Å². The molecule has 1 unspecified atom stereocenters. The van der Waals surface area contributed by atoms with Crippen molar-refractivity contribution in [2.75, 3.05) is 32.6 Å². The van der Waals surface area contributed by atoms with Gasteiger partial charge in [0, 0.05) is 24.3 Å². The molecule has 130 valence electrons. The Morgan fingerprint density at radius 1 is 1.12 bits per heavy atom. The van der Waals surface area contributed by atoms with Crippen LogP contribution < -0.4 is 10.1 Å². The lowest BCUT2D eigenvalue weighted by atomic mass is 10.2. The number of anilines is 1. The highest BCUT2D eigenvalue weighted by Crippen LogP contribution is 2.18. The summed E-state index contributed by atoms with van der Waals surface area (Å²) in [6.45, 7) is 0.920. The van der Waals surface area contributed by atoms with Gasteiger partial charge < -0.3 is 20.1 Å². The molecule has 2 rings (SSSR count). The average Bonchev–Trinajstić information content (AvgIpc) is 2.54. The molecule has 0 spiro atoms. The molecule has 1 atom stereocenters. The lowest BCUT2D eigenvalue weighted by Crippen LogP contribution is -2.30. The minimum Gasteiger partial charge on any atom is -0.491 e. The van der Waals surface area contributed by atoms with Crippen molar-refractivity contribution in [3.8, 4) is 5.75 Å². The van der Waals surface area contributed by atoms with E-state index in [2.05, 4.69) is 5.32 Å². The van der Waals surface area contributed by atoms with Gasteiger partial charge in [-0.25, -0.2) is 8.78 Å². The van der Waals surface area contributed by atoms with E-state index in [4.69, 9.17) is 4.74 Å². The summed E-state index contributed by atoms with van der Waals surface area (Å²) in [5, 5.41) is 12.8. The molecule has 0 radical (unpaired) electrons. The second-order valence-corrected chi connectivity index (χ2v) is 5.84. The smallest absolute Gasteiger partial charge is 0.128 e. The number of aliphatic hydroxyl groups excluding tert-OH is 1. The van der Waals surface area contributed by atoms with Crippen LogP contribution in [0.1, 0.15) is 5.56 Å². The van der Waals surface area contributed by atoms with E-state index >= 15 is 0 Å². The van der Waals surface area contributed by atoms with Crippen LogP contribution in [0.2, 0.25) is 0 Å². The minimum atomic E-state index is -0.561. The van der Waals surface area contributed by atoms with E-state index in [0.29, 0.717) is 12.3 Å². The molecule has 0 aliphatic rings. The highest BCUT2D eigenvalue weighted by Gasteiger charge is 2.07. The summed E-state index contributed by atoms with van der Waals surface area (Å²) in [4.78, 5) is 1.88. The summed E-state index contributed by atoms with van der Waals surface area (Å²) in [5.74, 6) is -0.276. The summed E-state index contributed by atoms with van der Waals surface area (Å²) >= 11 is 0. The van der Waals surface area contributed by atoms with Crippen LogP contribution in [-0.4, -0.2) is 43.4 Å². The number of hydrogen-bond acceptors (Lipinski definition) is 4. The second-order valence-electron chi connectivity index (χ2n) is 5.84. The lowest BCUT2D eigenvalue weighted by Gasteiger charge is -2.16. The van der Waals surface area contributed by atoms with Crippen LogP contribution in [0.5, 0.6) is 5.75 Å². The van der Waals surface area contributed by atoms with Crippen molar-refractivity contribution in [1.82, 2.24) is 4.90 Å². The minimum absolute atomic E-state index is 0.186. The molecule has 0 heterocycles. The molecule has 2 N–H and O–H groups in total. The first-order valence-corrected chi connectivity index (χ1v) is 7.67. The standard InChI is InChI=1S/C18H22F2N2O2/c1-22(2)11-16(23)12-24-17-6-4-15(5-7-17)21-10-13-9-14(19)3-8-18(13)20/h3-9,16,21,23H,10-12H2,1-2H3. The Bertz CT molecular complexity index is 648. The van der Waals surface area contributed by atoms with Gasteiger partial charge in [0.25, 0.3) is 0 Å². The number of rotatable bonds is 8. The molecule has 0 aliphatic carbocycles. The van der Waals surface area contributed by atoms with Gasteiger partial charge in [0.2, 0.25) is 0 Å². The number of halogens is 2. The predicted molar refractivity (Wildman–Crippen MR) is 90.2 cm³/mol. The fraction of sp³-hybridized carbons (Fsp3) is 0.333. The zero-order valence-corrected chi connectivity index (χ0v) is 13.8. The van der Waals surface area contributed by atoms with Gasteiger partial charge in [-0.1, -0.05) is 0 Å². The molecule has 0 aromatic heterocycles. The van der Waals surface area contributed by atoms with E-state index in [9.17, 15) is 13.9 Å². The van der Waals surface area contributed by atoms with Crippen molar-refractivity contribution in [2.24, 2.45) is 0 Å². The average molecular weight is 336 g/mol. The Balaban J connectivity index is 1.84. The second kappa shape index (κ2) is 8.61. The van der Waals surface area contributed by atoms with Gasteiger partial charge in [-0.3, -0.25) is 0 Å². The summed E-state index contributed by atoms with van der Waals surface area (Å²) in [6, 6.07) is 10.5. The van der Waals surface area contributed by atoms with Gasteiger partial charge in [0.15, 0.2) is 0 Å². The van der Waals surface area contributed by atoms with Crippen molar-refractivity contribution < 1.29 is 18.6 Å². The number of aliphatic hydroxyl groups is 1. The maximum atomic E-state index is 13.5. The summed E-state index contributed by atoms with van der Waals surface area (Å²) < 4.78 is 32.2. The molecule has 0 saturated carbocycles. The SMILES string of the molecule is CN(C)CC(O)COc1ccc(NCc2cc(F)ccc2F)cc1. The van der Waals surface area contributed by atoms with E-state index in [1.807, 2.05) is 19.0 Å². The molecule has 0 saturated heterocycles. The third kappa shape index (κ3) is 5.79. The maximum Gasteiger partial charge on any atom is 0.128 e. The highest BCUT2D eigenvalue weighted by molar-refractivity contribution is 5.46. The quantitative estimate of drug-likeness (QED) is 0.778. The topological polar surface area (TPSA) is 44.7 Å². The molecule has 0 fully saturated rings. The van der Waals surface area contributed by atoms with Gasteiger partial charge in [-0.15, -0.1) is 0 Å². The number of nitrogens with one attached hydrogen (secondary N) is 1. The summed E-state index contributed by atoms with van der Waals surface area (Å²) in [6.07, 6.45) is -0.561. The molecule has 0 aliphatic heterocycles. The van der Waals surface area contributed by atoms with E-state index in [-0.39, 0.29) is 18.7 Å². The Kier molecular flexibility index (Phi) is 6.52. The monoisotopic (exact) mass is 336 g/mol. The first-order chi connectivity index (χ1) is 11.4. The maximum absolute atomic E-state index is 13.5. The zero-order chi connectivity index (χ0) is 17.5. The fourth-order valence-electron chi connectivity index (χ4n) is 2.21. The highest BCUT2D eigenvalue weighted by atomic mass is 19.1. The van der Waals surface area contributed by atoms with E-state index in [1.165, 1.54) is 6.07 Å². The molecule has 0 bridgehead atoms. The van der Waals surface area contributed by atoms with Crippen LogP contribution in [0.3, 0.4) is 0 Å². The van der Waals surface area contributed by atoms with Crippen molar-refractivity contribution >= 4 is 5.69 Å². The van der Waals surface area contributed by atoms with E-state index < -0.39 is 17.7 Å². The van der Waals surface area contributed by atoms with Crippen LogP contribution in [0.4, 0.5) is 14.5 Å². The molecule has 2 aromatic carbocycles. The Morgan fingerprint density at radius 2 is 1.83 bits per heavy atom. The van der Waals surface area contributed by atoms with Gasteiger partial charge in [-0.2, -0.15) is 0 Å². The Labute approximate surface area is 140 Å². The van der Waals surface area contributed by atoms with E-state index in [0.717, 1.165) is 17.8 Å². The number of ether oxygens (including phenoxy) is 1. The third-order valence-electron chi connectivity index (χ3n) is 3.36. The third-order valence-corrected chi connectivity index (χ3v) is 3.36. The van der Waals surface area contributed by atoms with Crippen LogP contribution in [0.25, 0.3) is 0 Å². The van der Waals surface area contributed by atoms with Crippen LogP contribution in [0.15, 0.2) is 42.5 Å². The van der Waals surface area contributed by atoms with Crippen molar-refractivity contribution in [3.05, 3.63) is 59.7 Å². The largest absolute Gasteiger partial charge is 0.491 e. The van der Waals surface area contributed by atoms with Crippen LogP contribution in [-0.2, 0) is 6.54 Å². The summed E-state index contributed by atoms with van der Waals surface area (Å²) in [7, 11) is 3.76. The number of likely N-dealkylation sites (N-methyl/N-ethyl adjacent to an activating group) is 1. The summed E-state index contributed by atoms with van der Waals surface area (Å²) in [5.41, 5.74) is 1.03. The number of nitrogens with zero attached hydrogens (tertiary/aromatic N) is 1. The van der Waals surface area contributed by atoms with Crippen LogP contribution >= 0.6 is 0 Å². The molecule has 6 heteroatoms. The molecule has 4 nitrogen and oxygen atoms in total. The molecular formula is C18H22F2N2O2. The normalized spacial score (nSPS) is 12.2. The predicted octanol–water partition coefficient (Wildman–Crippen LogP) is 2.88. The first-order valence-electron chi connectivity index (χ1n) is 7.67. The van der Waals surface area contributed by atoms with Gasteiger partial charge in [0.1, 0.15) is 30.1 Å². The molecule has 24 heavy (non-hydrogen) atoms. The zero-order valence-electron chi connectivity index (χ0n) is 13.8. The van der Waals surface area contributed by atoms with Crippen molar-refractivity contribution in [3.63, 3.8) is 0 Å². The van der Waals surface area contributed by atoms with Crippen molar-refractivity contribution in [1.29, 1.82) is 0 Å². The fourth-order valence-corrected chi connectivity index (χ4v) is 2.21. The lowest BCUT2D eigenvalue weighted by molar-refractivity contribution is 0.0831. The van der Waals surface area contributed by atoms with Crippen molar-refractivity contribution in [2.45, 2.75) is 12.6 Å². The molecule has 0 amide bonds. The van der Waals surface area contributed by atoms with Crippen LogP contribution in [0, 0.1) is 11.6 Å². The van der Waals surface area contributed by atoms with Gasteiger partial charge >= 0.3 is 0 Å². The molecular weight excluding hydrogens is 314 g/mol. The number of hydrogen-bond donors (Lipinski definition) is 2. The van der Waals surface area contributed by atoms with E-state index in [1.54, 1.807) is 24.3 Å². The molecule has 2 aromatic rings. The van der Waals surface area contributed by atoms with Gasteiger partial charge in [-0.05, 0) is 56.6 Å². The Hall–Kier alpha value is -2.18. The first kappa shape index (κ1) is 18.2. The number of benzene rings is 2.